The van der Waals surface area contributed by atoms with Gasteiger partial charge in [-0.25, -0.2) is 0 Å². The summed E-state index contributed by atoms with van der Waals surface area (Å²) in [6.07, 6.45) is 7.85. The fourth-order valence-electron chi connectivity index (χ4n) is 6.48. The third-order valence-corrected chi connectivity index (χ3v) is 7.01. The molecule has 4 saturated carbocycles. The minimum Gasteiger partial charge on any atom is -0.0596 e. The molecule has 0 amide bonds. The maximum atomic E-state index is 2.59. The first kappa shape index (κ1) is 8.19. The largest absolute Gasteiger partial charge is 0.0596 e. The molecule has 5 atom stereocenters. The van der Waals surface area contributed by atoms with Crippen molar-refractivity contribution in [3.05, 3.63) is 0 Å². The second-order valence-corrected chi connectivity index (χ2v) is 7.65. The van der Waals surface area contributed by atoms with Crippen LogP contribution in [-0.4, -0.2) is 0 Å². The molecule has 0 saturated heterocycles. The van der Waals surface area contributed by atoms with Crippen molar-refractivity contribution in [3.8, 4) is 0 Å². The van der Waals surface area contributed by atoms with Gasteiger partial charge in [0.25, 0.3) is 0 Å². The first-order valence-electron chi connectivity index (χ1n) is 6.50. The summed E-state index contributed by atoms with van der Waals surface area (Å²) in [5.74, 6) is 3.39. The molecule has 0 aliphatic heterocycles. The van der Waals surface area contributed by atoms with Crippen molar-refractivity contribution >= 4 is 0 Å². The summed E-state index contributed by atoms with van der Waals surface area (Å²) in [6, 6.07) is 0. The zero-order valence-corrected chi connectivity index (χ0v) is 9.77. The van der Waals surface area contributed by atoms with Gasteiger partial charge in [0.05, 0.1) is 0 Å². The Kier molecular flexibility index (Phi) is 1.07. The molecule has 0 nitrogen and oxygen atoms in total. The zero-order chi connectivity index (χ0) is 9.77. The second kappa shape index (κ2) is 1.83. The lowest BCUT2D eigenvalue weighted by molar-refractivity contribution is -0.268. The number of hydrogen-bond acceptors (Lipinski definition) is 0. The zero-order valence-electron chi connectivity index (χ0n) is 9.77. The Morgan fingerprint density at radius 1 is 1.00 bits per heavy atom. The van der Waals surface area contributed by atoms with Gasteiger partial charge in [-0.15, -0.1) is 0 Å². The van der Waals surface area contributed by atoms with Crippen LogP contribution in [0.25, 0.3) is 0 Å². The molecule has 0 heteroatoms. The highest BCUT2D eigenvalue weighted by molar-refractivity contribution is 5.28. The molecule has 5 unspecified atom stereocenters. The van der Waals surface area contributed by atoms with Crippen molar-refractivity contribution in [3.63, 3.8) is 0 Å². The Bertz CT molecular complexity index is 316. The molecule has 1 spiro atoms. The molecule has 0 aromatic carbocycles. The number of hydrogen-bond donors (Lipinski definition) is 0. The summed E-state index contributed by atoms with van der Waals surface area (Å²) in [5, 5.41) is 0. The van der Waals surface area contributed by atoms with Crippen LogP contribution < -0.4 is 0 Å². The minimum absolute atomic E-state index is 0.684. The van der Waals surface area contributed by atoms with Gasteiger partial charge in [-0.05, 0) is 66.1 Å². The third kappa shape index (κ3) is 0.537. The van der Waals surface area contributed by atoms with Gasteiger partial charge in [-0.2, -0.15) is 0 Å². The predicted octanol–water partition coefficient (Wildman–Crippen LogP) is 3.86. The Labute approximate surface area is 87.5 Å². The van der Waals surface area contributed by atoms with Gasteiger partial charge < -0.3 is 0 Å². The molecular formula is C14H22. The average Bonchev–Trinajstić information content (AvgIpc) is 2.54. The topological polar surface area (TPSA) is 0 Å². The van der Waals surface area contributed by atoms with Gasteiger partial charge in [-0.1, -0.05) is 20.8 Å². The molecule has 14 heavy (non-hydrogen) atoms. The quantitative estimate of drug-likeness (QED) is 0.544. The first-order chi connectivity index (χ1) is 6.50. The SMILES string of the molecule is CC1(C)CC2CC1C13CCC1(C)CC23. The van der Waals surface area contributed by atoms with Crippen LogP contribution in [0.4, 0.5) is 0 Å². The van der Waals surface area contributed by atoms with Crippen LogP contribution in [0.2, 0.25) is 0 Å². The van der Waals surface area contributed by atoms with Crippen molar-refractivity contribution in [2.45, 2.75) is 52.9 Å². The third-order valence-electron chi connectivity index (χ3n) is 7.01. The molecule has 0 radical (unpaired) electrons. The van der Waals surface area contributed by atoms with Gasteiger partial charge >= 0.3 is 0 Å². The fraction of sp³-hybridized carbons (Fsp3) is 1.00. The van der Waals surface area contributed by atoms with E-state index in [0.29, 0.717) is 5.41 Å². The van der Waals surface area contributed by atoms with Crippen molar-refractivity contribution in [2.24, 2.45) is 34.0 Å². The number of rotatable bonds is 0. The Morgan fingerprint density at radius 2 is 1.79 bits per heavy atom. The van der Waals surface area contributed by atoms with Crippen LogP contribution in [0.3, 0.4) is 0 Å². The van der Waals surface area contributed by atoms with Crippen LogP contribution in [0.1, 0.15) is 52.9 Å². The molecule has 4 fully saturated rings. The monoisotopic (exact) mass is 190 g/mol. The Morgan fingerprint density at radius 3 is 2.29 bits per heavy atom. The normalized spacial score (nSPS) is 66.6. The van der Waals surface area contributed by atoms with E-state index in [1.165, 1.54) is 5.92 Å². The lowest BCUT2D eigenvalue weighted by Crippen LogP contribution is -2.68. The van der Waals surface area contributed by atoms with Gasteiger partial charge in [0.15, 0.2) is 0 Å². The van der Waals surface area contributed by atoms with E-state index in [1.54, 1.807) is 32.1 Å². The summed E-state index contributed by atoms with van der Waals surface area (Å²) in [7, 11) is 0. The van der Waals surface area contributed by atoms with Crippen molar-refractivity contribution < 1.29 is 0 Å². The molecule has 78 valence electrons. The number of fused-ring (bicyclic) bond motifs is 3. The van der Waals surface area contributed by atoms with E-state index in [-0.39, 0.29) is 0 Å². The summed E-state index contributed by atoms with van der Waals surface area (Å²) >= 11 is 0. The molecule has 0 aromatic rings. The first-order valence-corrected chi connectivity index (χ1v) is 6.50. The molecule has 0 aromatic heterocycles. The molecule has 4 aliphatic carbocycles. The predicted molar refractivity (Wildman–Crippen MR) is 57.9 cm³/mol. The molecular weight excluding hydrogens is 168 g/mol. The van der Waals surface area contributed by atoms with Crippen molar-refractivity contribution in [1.29, 1.82) is 0 Å². The van der Waals surface area contributed by atoms with E-state index in [4.69, 9.17) is 0 Å². The highest BCUT2D eigenvalue weighted by Crippen LogP contribution is 2.86. The minimum atomic E-state index is 0.684. The van der Waals surface area contributed by atoms with E-state index in [9.17, 15) is 0 Å². The molecule has 0 heterocycles. The lowest BCUT2D eigenvalue weighted by Gasteiger charge is -2.75. The molecule has 4 aliphatic rings. The highest BCUT2D eigenvalue weighted by atomic mass is 14.8. The summed E-state index contributed by atoms with van der Waals surface area (Å²) < 4.78 is 0. The van der Waals surface area contributed by atoms with E-state index >= 15 is 0 Å². The van der Waals surface area contributed by atoms with E-state index < -0.39 is 0 Å². The van der Waals surface area contributed by atoms with Crippen LogP contribution in [0.5, 0.6) is 0 Å². The smallest absolute Gasteiger partial charge is 0.0179 e. The molecule has 2 bridgehead atoms. The van der Waals surface area contributed by atoms with Crippen LogP contribution in [0.15, 0.2) is 0 Å². The Hall–Kier alpha value is 0. The van der Waals surface area contributed by atoms with Crippen LogP contribution in [0, 0.1) is 34.0 Å². The second-order valence-electron chi connectivity index (χ2n) is 7.65. The highest BCUT2D eigenvalue weighted by Gasteiger charge is 2.79. The van der Waals surface area contributed by atoms with Gasteiger partial charge in [0.2, 0.25) is 0 Å². The van der Waals surface area contributed by atoms with Gasteiger partial charge in [0, 0.05) is 0 Å². The molecule has 0 N–H and O–H groups in total. The average molecular weight is 190 g/mol. The van der Waals surface area contributed by atoms with Crippen molar-refractivity contribution in [1.82, 2.24) is 0 Å². The maximum Gasteiger partial charge on any atom is -0.0179 e. The Balaban J connectivity index is 1.82. The lowest BCUT2D eigenvalue weighted by atomic mass is 9.29. The standard InChI is InChI=1S/C14H22/c1-12(2)7-9-6-11(12)14-5-4-13(14,3)8-10(9)14/h9-11H,4-8H2,1-3H3. The van der Waals surface area contributed by atoms with E-state index in [0.717, 1.165) is 22.7 Å². The fourth-order valence-corrected chi connectivity index (χ4v) is 6.48. The van der Waals surface area contributed by atoms with Crippen LogP contribution >= 0.6 is 0 Å². The summed E-state index contributed by atoms with van der Waals surface area (Å²) in [4.78, 5) is 0. The van der Waals surface area contributed by atoms with Gasteiger partial charge in [0.1, 0.15) is 0 Å². The van der Waals surface area contributed by atoms with Gasteiger partial charge in [-0.3, -0.25) is 0 Å². The van der Waals surface area contributed by atoms with Crippen molar-refractivity contribution in [2.75, 3.05) is 0 Å². The molecule has 4 rings (SSSR count). The summed E-state index contributed by atoms with van der Waals surface area (Å²) in [5.41, 5.74) is 2.34. The van der Waals surface area contributed by atoms with Crippen LogP contribution in [-0.2, 0) is 0 Å². The maximum absolute atomic E-state index is 2.59. The summed E-state index contributed by atoms with van der Waals surface area (Å²) in [6.45, 7) is 7.67. The van der Waals surface area contributed by atoms with E-state index in [1.807, 2.05) is 0 Å². The van der Waals surface area contributed by atoms with E-state index in [2.05, 4.69) is 20.8 Å².